The van der Waals surface area contributed by atoms with Crippen LogP contribution < -0.4 is 10.1 Å². The second kappa shape index (κ2) is 7.03. The van der Waals surface area contributed by atoms with Crippen LogP contribution >= 0.6 is 0 Å². The molecule has 1 amide bonds. The Balaban J connectivity index is 1.86. The number of nitrogens with one attached hydrogen (secondary N) is 1. The van der Waals surface area contributed by atoms with Gasteiger partial charge in [0.25, 0.3) is 5.91 Å². The fourth-order valence-electron chi connectivity index (χ4n) is 2.69. The van der Waals surface area contributed by atoms with Gasteiger partial charge in [0.15, 0.2) is 6.61 Å². The van der Waals surface area contributed by atoms with E-state index < -0.39 is 11.7 Å². The molecule has 0 radical (unpaired) electrons. The lowest BCUT2D eigenvalue weighted by Crippen LogP contribution is -2.43. The van der Waals surface area contributed by atoms with Crippen LogP contribution in [0.2, 0.25) is 0 Å². The van der Waals surface area contributed by atoms with E-state index in [0.29, 0.717) is 5.92 Å². The molecule has 2 rings (SSSR count). The molecule has 1 aliphatic carbocycles. The Bertz CT molecular complexity index is 516. The van der Waals surface area contributed by atoms with Crippen LogP contribution in [0.1, 0.15) is 38.2 Å². The maximum atomic E-state index is 12.6. The lowest BCUT2D eigenvalue weighted by molar-refractivity contribution is -0.137. The van der Waals surface area contributed by atoms with Crippen molar-refractivity contribution in [1.82, 2.24) is 5.32 Å². The number of rotatable bonds is 4. The van der Waals surface area contributed by atoms with Crippen molar-refractivity contribution in [3.63, 3.8) is 0 Å². The summed E-state index contributed by atoms with van der Waals surface area (Å²) >= 11 is 0. The highest BCUT2D eigenvalue weighted by atomic mass is 19.4. The van der Waals surface area contributed by atoms with Crippen LogP contribution in [0.15, 0.2) is 24.3 Å². The van der Waals surface area contributed by atoms with Crippen molar-refractivity contribution in [3.05, 3.63) is 29.8 Å². The molecule has 22 heavy (non-hydrogen) atoms. The number of carbonyl (C=O) groups is 1. The smallest absolute Gasteiger partial charge is 0.416 e. The SMILES string of the molecule is C[C@H]1CCCC[C@@H]1NC(=O)COc1cccc(C(F)(F)F)c1. The Hall–Kier alpha value is -1.72. The molecular formula is C16H20F3NO2. The van der Waals surface area contributed by atoms with Crippen molar-refractivity contribution in [3.8, 4) is 5.75 Å². The second-order valence-electron chi connectivity index (χ2n) is 5.75. The average Bonchev–Trinajstić information content (AvgIpc) is 2.47. The van der Waals surface area contributed by atoms with E-state index in [-0.39, 0.29) is 24.3 Å². The van der Waals surface area contributed by atoms with Gasteiger partial charge in [0.2, 0.25) is 0 Å². The Labute approximate surface area is 127 Å². The average molecular weight is 315 g/mol. The zero-order valence-corrected chi connectivity index (χ0v) is 12.5. The molecule has 1 aromatic carbocycles. The molecule has 3 nitrogen and oxygen atoms in total. The Kier molecular flexibility index (Phi) is 5.32. The van der Waals surface area contributed by atoms with E-state index in [2.05, 4.69) is 12.2 Å². The molecule has 0 bridgehead atoms. The van der Waals surface area contributed by atoms with Crippen LogP contribution in [0.4, 0.5) is 13.2 Å². The third-order valence-electron chi connectivity index (χ3n) is 3.99. The largest absolute Gasteiger partial charge is 0.484 e. The molecule has 1 saturated carbocycles. The number of ether oxygens (including phenoxy) is 1. The molecule has 122 valence electrons. The van der Waals surface area contributed by atoms with E-state index in [1.54, 1.807) is 0 Å². The van der Waals surface area contributed by atoms with Gasteiger partial charge in [-0.3, -0.25) is 4.79 Å². The topological polar surface area (TPSA) is 38.3 Å². The lowest BCUT2D eigenvalue weighted by atomic mass is 9.86. The number of carbonyl (C=O) groups excluding carboxylic acids is 1. The summed E-state index contributed by atoms with van der Waals surface area (Å²) < 4.78 is 42.9. The van der Waals surface area contributed by atoms with Gasteiger partial charge in [0, 0.05) is 6.04 Å². The molecular weight excluding hydrogens is 295 g/mol. The van der Waals surface area contributed by atoms with Gasteiger partial charge in [0.1, 0.15) is 5.75 Å². The number of benzene rings is 1. The Morgan fingerprint density at radius 2 is 2.05 bits per heavy atom. The summed E-state index contributed by atoms with van der Waals surface area (Å²) in [4.78, 5) is 11.9. The highest BCUT2D eigenvalue weighted by molar-refractivity contribution is 5.77. The molecule has 1 aliphatic rings. The molecule has 1 aromatic rings. The first kappa shape index (κ1) is 16.6. The molecule has 6 heteroatoms. The minimum atomic E-state index is -4.42. The number of alkyl halides is 3. The number of amides is 1. The normalized spacial score (nSPS) is 22.2. The predicted octanol–water partition coefficient (Wildman–Crippen LogP) is 3.78. The molecule has 2 atom stereocenters. The summed E-state index contributed by atoms with van der Waals surface area (Å²) in [7, 11) is 0. The van der Waals surface area contributed by atoms with Crippen molar-refractivity contribution in [1.29, 1.82) is 0 Å². The summed E-state index contributed by atoms with van der Waals surface area (Å²) in [5, 5.41) is 2.90. The monoisotopic (exact) mass is 315 g/mol. The Morgan fingerprint density at radius 3 is 2.73 bits per heavy atom. The van der Waals surface area contributed by atoms with Gasteiger partial charge < -0.3 is 10.1 Å². The first-order valence-electron chi connectivity index (χ1n) is 7.45. The quantitative estimate of drug-likeness (QED) is 0.918. The van der Waals surface area contributed by atoms with Crippen LogP contribution in [0.25, 0.3) is 0 Å². The van der Waals surface area contributed by atoms with Gasteiger partial charge in [-0.2, -0.15) is 13.2 Å². The highest BCUT2D eigenvalue weighted by Gasteiger charge is 2.30. The predicted molar refractivity (Wildman–Crippen MR) is 76.5 cm³/mol. The standard InChI is InChI=1S/C16H20F3NO2/c1-11-5-2-3-8-14(11)20-15(21)10-22-13-7-4-6-12(9-13)16(17,18)19/h4,6-7,9,11,14H,2-3,5,8,10H2,1H3,(H,20,21)/t11-,14-/m0/s1. The lowest BCUT2D eigenvalue weighted by Gasteiger charge is -2.29. The van der Waals surface area contributed by atoms with Crippen LogP contribution in [0, 0.1) is 5.92 Å². The molecule has 1 fully saturated rings. The molecule has 0 aliphatic heterocycles. The molecule has 0 saturated heterocycles. The first-order valence-corrected chi connectivity index (χ1v) is 7.45. The number of hydrogen-bond acceptors (Lipinski definition) is 2. The van der Waals surface area contributed by atoms with E-state index in [1.807, 2.05) is 0 Å². The maximum Gasteiger partial charge on any atom is 0.416 e. The minimum Gasteiger partial charge on any atom is -0.484 e. The van der Waals surface area contributed by atoms with Crippen LogP contribution in [-0.4, -0.2) is 18.6 Å². The third-order valence-corrected chi connectivity index (χ3v) is 3.99. The fourth-order valence-corrected chi connectivity index (χ4v) is 2.69. The Morgan fingerprint density at radius 1 is 1.32 bits per heavy atom. The summed E-state index contributed by atoms with van der Waals surface area (Å²) in [6.45, 7) is 1.82. The van der Waals surface area contributed by atoms with Gasteiger partial charge >= 0.3 is 6.18 Å². The van der Waals surface area contributed by atoms with E-state index in [0.717, 1.165) is 31.4 Å². The van der Waals surface area contributed by atoms with Crippen molar-refractivity contribution in [2.45, 2.75) is 44.8 Å². The van der Waals surface area contributed by atoms with Crippen molar-refractivity contribution in [2.75, 3.05) is 6.61 Å². The zero-order chi connectivity index (χ0) is 16.2. The maximum absolute atomic E-state index is 12.6. The van der Waals surface area contributed by atoms with Crippen LogP contribution in [0.3, 0.4) is 0 Å². The van der Waals surface area contributed by atoms with Gasteiger partial charge in [0.05, 0.1) is 5.56 Å². The van der Waals surface area contributed by atoms with Gasteiger partial charge in [-0.1, -0.05) is 25.8 Å². The minimum absolute atomic E-state index is 0.0432. The van der Waals surface area contributed by atoms with E-state index in [1.165, 1.54) is 18.6 Å². The highest BCUT2D eigenvalue weighted by Crippen LogP contribution is 2.31. The summed E-state index contributed by atoms with van der Waals surface area (Å²) in [6, 6.07) is 4.67. The van der Waals surface area contributed by atoms with Gasteiger partial charge in [-0.15, -0.1) is 0 Å². The van der Waals surface area contributed by atoms with Crippen molar-refractivity contribution >= 4 is 5.91 Å². The fraction of sp³-hybridized carbons (Fsp3) is 0.562. The van der Waals surface area contributed by atoms with Gasteiger partial charge in [-0.25, -0.2) is 0 Å². The van der Waals surface area contributed by atoms with E-state index in [4.69, 9.17) is 4.74 Å². The molecule has 1 N–H and O–H groups in total. The third kappa shape index (κ3) is 4.64. The second-order valence-corrected chi connectivity index (χ2v) is 5.75. The van der Waals surface area contributed by atoms with E-state index >= 15 is 0 Å². The van der Waals surface area contributed by atoms with Crippen LogP contribution in [-0.2, 0) is 11.0 Å². The van der Waals surface area contributed by atoms with Crippen LogP contribution in [0.5, 0.6) is 5.75 Å². The number of halogens is 3. The first-order chi connectivity index (χ1) is 10.4. The molecule has 0 heterocycles. The zero-order valence-electron chi connectivity index (χ0n) is 12.5. The summed E-state index contributed by atoms with van der Waals surface area (Å²) in [5.41, 5.74) is -0.786. The summed E-state index contributed by atoms with van der Waals surface area (Å²) in [5.74, 6) is 0.170. The van der Waals surface area contributed by atoms with Crippen molar-refractivity contribution < 1.29 is 22.7 Å². The van der Waals surface area contributed by atoms with E-state index in [9.17, 15) is 18.0 Å². The molecule has 0 spiro atoms. The van der Waals surface area contributed by atoms with Crippen molar-refractivity contribution in [2.24, 2.45) is 5.92 Å². The number of hydrogen-bond donors (Lipinski definition) is 1. The molecule has 0 aromatic heterocycles. The molecule has 0 unspecified atom stereocenters. The van der Waals surface area contributed by atoms with Gasteiger partial charge in [-0.05, 0) is 37.0 Å². The summed E-state index contributed by atoms with van der Waals surface area (Å²) in [6.07, 6.45) is -0.132.